The van der Waals surface area contributed by atoms with Crippen molar-refractivity contribution in [3.8, 4) is 5.75 Å². The molecular weight excluding hydrogens is 236 g/mol. The number of aryl methyl sites for hydroxylation is 1. The van der Waals surface area contributed by atoms with Crippen molar-refractivity contribution >= 4 is 5.69 Å². The molecule has 2 rings (SSSR count). The van der Waals surface area contributed by atoms with Crippen LogP contribution >= 0.6 is 0 Å². The Kier molecular flexibility index (Phi) is 5.08. The normalized spacial score (nSPS) is 20.9. The van der Waals surface area contributed by atoms with E-state index in [-0.39, 0.29) is 0 Å². The Bertz CT molecular complexity index is 406. The van der Waals surface area contributed by atoms with Crippen LogP contribution in [0.2, 0.25) is 0 Å². The minimum atomic E-state index is 0.563. The maximum absolute atomic E-state index is 5.47. The quantitative estimate of drug-likeness (QED) is 0.901. The molecule has 1 aromatic carbocycles. The van der Waals surface area contributed by atoms with Gasteiger partial charge in [-0.25, -0.2) is 0 Å². The number of nitrogens with one attached hydrogen (secondary N) is 1. The van der Waals surface area contributed by atoms with E-state index >= 15 is 0 Å². The first-order valence-electron chi connectivity index (χ1n) is 7.36. The smallest absolute Gasteiger partial charge is 0.142 e. The maximum atomic E-state index is 5.47. The highest BCUT2D eigenvalue weighted by molar-refractivity contribution is 5.58. The SMILES string of the molecule is CCN1CCCC(Nc2ccc(C)cc2OC)CC1. The van der Waals surface area contributed by atoms with E-state index in [9.17, 15) is 0 Å². The van der Waals surface area contributed by atoms with Gasteiger partial charge in [-0.1, -0.05) is 13.0 Å². The van der Waals surface area contributed by atoms with Crippen molar-refractivity contribution in [3.05, 3.63) is 23.8 Å². The molecule has 1 aromatic rings. The molecule has 0 aliphatic carbocycles. The fourth-order valence-electron chi connectivity index (χ4n) is 2.75. The number of ether oxygens (including phenoxy) is 1. The third-order valence-corrected chi connectivity index (χ3v) is 3.98. The first-order chi connectivity index (χ1) is 9.22. The predicted octanol–water partition coefficient (Wildman–Crippen LogP) is 3.29. The van der Waals surface area contributed by atoms with Crippen LogP contribution in [0.3, 0.4) is 0 Å². The summed E-state index contributed by atoms with van der Waals surface area (Å²) in [7, 11) is 1.74. The number of likely N-dealkylation sites (tertiary alicyclic amines) is 1. The summed E-state index contributed by atoms with van der Waals surface area (Å²) in [6.07, 6.45) is 3.73. The third kappa shape index (κ3) is 3.87. The molecule has 0 bridgehead atoms. The van der Waals surface area contributed by atoms with Crippen LogP contribution in [0, 0.1) is 6.92 Å². The molecular formula is C16H26N2O. The van der Waals surface area contributed by atoms with Crippen LogP contribution in [-0.2, 0) is 0 Å². The molecule has 1 unspecified atom stereocenters. The van der Waals surface area contributed by atoms with Gasteiger partial charge in [0.1, 0.15) is 5.75 Å². The lowest BCUT2D eigenvalue weighted by Crippen LogP contribution is -2.26. The molecule has 19 heavy (non-hydrogen) atoms. The van der Waals surface area contributed by atoms with Crippen LogP contribution in [0.5, 0.6) is 5.75 Å². The summed E-state index contributed by atoms with van der Waals surface area (Å²) in [4.78, 5) is 2.54. The molecule has 1 aliphatic rings. The zero-order valence-electron chi connectivity index (χ0n) is 12.4. The summed E-state index contributed by atoms with van der Waals surface area (Å²) >= 11 is 0. The molecule has 3 heteroatoms. The van der Waals surface area contributed by atoms with Gasteiger partial charge in [0.25, 0.3) is 0 Å². The van der Waals surface area contributed by atoms with Gasteiger partial charge in [0.15, 0.2) is 0 Å². The number of hydrogen-bond acceptors (Lipinski definition) is 3. The first-order valence-corrected chi connectivity index (χ1v) is 7.36. The standard InChI is InChI=1S/C16H26N2O/c1-4-18-10-5-6-14(9-11-18)17-15-8-7-13(2)12-16(15)19-3/h7-8,12,14,17H,4-6,9-11H2,1-3H3. The number of rotatable bonds is 4. The van der Waals surface area contributed by atoms with Gasteiger partial charge in [0, 0.05) is 12.6 Å². The average molecular weight is 262 g/mol. The molecule has 3 nitrogen and oxygen atoms in total. The minimum absolute atomic E-state index is 0.563. The molecule has 1 saturated heterocycles. The van der Waals surface area contributed by atoms with Gasteiger partial charge in [-0.15, -0.1) is 0 Å². The van der Waals surface area contributed by atoms with Crippen molar-refractivity contribution in [2.24, 2.45) is 0 Å². The second-order valence-corrected chi connectivity index (χ2v) is 5.41. The van der Waals surface area contributed by atoms with E-state index < -0.39 is 0 Å². The van der Waals surface area contributed by atoms with E-state index in [1.807, 2.05) is 0 Å². The Balaban J connectivity index is 2.00. The van der Waals surface area contributed by atoms with E-state index in [0.717, 1.165) is 11.4 Å². The Morgan fingerprint density at radius 2 is 2.16 bits per heavy atom. The lowest BCUT2D eigenvalue weighted by molar-refractivity contribution is 0.300. The van der Waals surface area contributed by atoms with E-state index in [4.69, 9.17) is 4.74 Å². The summed E-state index contributed by atoms with van der Waals surface area (Å²) in [6, 6.07) is 6.93. The zero-order chi connectivity index (χ0) is 13.7. The van der Waals surface area contributed by atoms with Gasteiger partial charge in [-0.2, -0.15) is 0 Å². The second kappa shape index (κ2) is 6.80. The van der Waals surface area contributed by atoms with Crippen molar-refractivity contribution < 1.29 is 4.74 Å². The Hall–Kier alpha value is -1.22. The molecule has 0 radical (unpaired) electrons. The molecule has 106 valence electrons. The van der Waals surface area contributed by atoms with Crippen LogP contribution in [0.1, 0.15) is 31.7 Å². The molecule has 0 spiro atoms. The highest BCUT2D eigenvalue weighted by Crippen LogP contribution is 2.27. The van der Waals surface area contributed by atoms with E-state index in [1.54, 1.807) is 7.11 Å². The highest BCUT2D eigenvalue weighted by Gasteiger charge is 2.17. The number of benzene rings is 1. The van der Waals surface area contributed by atoms with Crippen LogP contribution in [0.25, 0.3) is 0 Å². The number of methoxy groups -OCH3 is 1. The summed E-state index contributed by atoms with van der Waals surface area (Å²) in [5.41, 5.74) is 2.36. The summed E-state index contributed by atoms with van der Waals surface area (Å²) in [5, 5.41) is 3.66. The summed E-state index contributed by atoms with van der Waals surface area (Å²) < 4.78 is 5.47. The van der Waals surface area contributed by atoms with Gasteiger partial charge in [-0.05, 0) is 57.0 Å². The lowest BCUT2D eigenvalue weighted by atomic mass is 10.1. The zero-order valence-corrected chi connectivity index (χ0v) is 12.4. The topological polar surface area (TPSA) is 24.5 Å². The molecule has 1 atom stereocenters. The van der Waals surface area contributed by atoms with Crippen LogP contribution < -0.4 is 10.1 Å². The van der Waals surface area contributed by atoms with Gasteiger partial charge in [-0.3, -0.25) is 0 Å². The fourth-order valence-corrected chi connectivity index (χ4v) is 2.75. The number of hydrogen-bond donors (Lipinski definition) is 1. The molecule has 1 heterocycles. The average Bonchev–Trinajstić information content (AvgIpc) is 2.66. The molecule has 1 aliphatic heterocycles. The summed E-state index contributed by atoms with van der Waals surface area (Å²) in [6.45, 7) is 7.94. The largest absolute Gasteiger partial charge is 0.495 e. The first kappa shape index (κ1) is 14.2. The highest BCUT2D eigenvalue weighted by atomic mass is 16.5. The molecule has 1 N–H and O–H groups in total. The molecule has 0 amide bonds. The van der Waals surface area contributed by atoms with Gasteiger partial charge < -0.3 is 15.0 Å². The lowest BCUT2D eigenvalue weighted by Gasteiger charge is -2.20. The maximum Gasteiger partial charge on any atom is 0.142 e. The minimum Gasteiger partial charge on any atom is -0.495 e. The Morgan fingerprint density at radius 3 is 2.89 bits per heavy atom. The van der Waals surface area contributed by atoms with Crippen LogP contribution in [0.15, 0.2) is 18.2 Å². The third-order valence-electron chi connectivity index (χ3n) is 3.98. The predicted molar refractivity (Wildman–Crippen MR) is 81.1 cm³/mol. The van der Waals surface area contributed by atoms with Crippen molar-refractivity contribution in [1.29, 1.82) is 0 Å². The fraction of sp³-hybridized carbons (Fsp3) is 0.625. The van der Waals surface area contributed by atoms with Crippen LogP contribution in [0.4, 0.5) is 5.69 Å². The molecule has 1 fully saturated rings. The van der Waals surface area contributed by atoms with E-state index in [0.29, 0.717) is 6.04 Å². The van der Waals surface area contributed by atoms with Gasteiger partial charge >= 0.3 is 0 Å². The second-order valence-electron chi connectivity index (χ2n) is 5.41. The van der Waals surface area contributed by atoms with Crippen molar-refractivity contribution in [2.45, 2.75) is 39.2 Å². The van der Waals surface area contributed by atoms with Crippen LogP contribution in [-0.4, -0.2) is 37.7 Å². The van der Waals surface area contributed by atoms with Crippen molar-refractivity contribution in [3.63, 3.8) is 0 Å². The van der Waals surface area contributed by atoms with E-state index in [1.165, 1.54) is 44.5 Å². The number of anilines is 1. The molecule has 0 saturated carbocycles. The van der Waals surface area contributed by atoms with Gasteiger partial charge in [0.05, 0.1) is 12.8 Å². The Labute approximate surface area is 116 Å². The molecule has 0 aromatic heterocycles. The number of nitrogens with zero attached hydrogens (tertiary/aromatic N) is 1. The van der Waals surface area contributed by atoms with Gasteiger partial charge in [0.2, 0.25) is 0 Å². The monoisotopic (exact) mass is 262 g/mol. The van der Waals surface area contributed by atoms with E-state index in [2.05, 4.69) is 42.3 Å². The Morgan fingerprint density at radius 1 is 1.32 bits per heavy atom. The van der Waals surface area contributed by atoms with Crippen molar-refractivity contribution in [1.82, 2.24) is 4.90 Å². The summed E-state index contributed by atoms with van der Waals surface area (Å²) in [5.74, 6) is 0.955. The van der Waals surface area contributed by atoms with Crippen molar-refractivity contribution in [2.75, 3.05) is 32.1 Å².